The molecule has 2 N–H and O–H groups in total. The van der Waals surface area contributed by atoms with Gasteiger partial charge >= 0.3 is 0 Å². The minimum absolute atomic E-state index is 0.174. The molecule has 0 aromatic carbocycles. The van der Waals surface area contributed by atoms with Crippen molar-refractivity contribution in [2.75, 3.05) is 6.54 Å². The number of rotatable bonds is 3. The quantitative estimate of drug-likeness (QED) is 0.831. The maximum Gasteiger partial charge on any atom is 0.256 e. The molecule has 2 rings (SSSR count). The zero-order valence-electron chi connectivity index (χ0n) is 9.98. The number of hydrogen-bond acceptors (Lipinski definition) is 4. The third-order valence-corrected chi connectivity index (χ3v) is 3.39. The van der Waals surface area contributed by atoms with Crippen LogP contribution in [0.2, 0.25) is 0 Å². The van der Waals surface area contributed by atoms with Gasteiger partial charge in [0.25, 0.3) is 5.91 Å². The zero-order chi connectivity index (χ0) is 12.3. The second kappa shape index (κ2) is 5.31. The normalized spacial score (nSPS) is 24.6. The first-order valence-electron chi connectivity index (χ1n) is 6.06. The molecule has 1 aromatic heterocycles. The third-order valence-electron chi connectivity index (χ3n) is 3.39. The number of aryl methyl sites for hydroxylation is 1. The molecule has 1 fully saturated rings. The van der Waals surface area contributed by atoms with Gasteiger partial charge in [0.15, 0.2) is 0 Å². The van der Waals surface area contributed by atoms with Crippen LogP contribution in [0.4, 0.5) is 0 Å². The van der Waals surface area contributed by atoms with Gasteiger partial charge < -0.3 is 14.9 Å². The fraction of sp³-hybridized carbons (Fsp3) is 0.667. The van der Waals surface area contributed by atoms with Crippen LogP contribution in [0.15, 0.2) is 10.7 Å². The van der Waals surface area contributed by atoms with Gasteiger partial charge in [0.2, 0.25) is 0 Å². The highest BCUT2D eigenvalue weighted by molar-refractivity contribution is 5.94. The highest BCUT2D eigenvalue weighted by atomic mass is 16.5. The highest BCUT2D eigenvalue weighted by Crippen LogP contribution is 2.23. The van der Waals surface area contributed by atoms with Gasteiger partial charge in [0, 0.05) is 12.5 Å². The number of hydrogen-bond donors (Lipinski definition) is 2. The summed E-state index contributed by atoms with van der Waals surface area (Å²) in [4.78, 5) is 11.8. The van der Waals surface area contributed by atoms with Crippen LogP contribution >= 0.6 is 0 Å². The van der Waals surface area contributed by atoms with E-state index in [1.54, 1.807) is 6.92 Å². The number of nitrogens with zero attached hydrogens (tertiary/aromatic N) is 1. The molecule has 0 bridgehead atoms. The topological polar surface area (TPSA) is 75.4 Å². The molecule has 0 saturated heterocycles. The van der Waals surface area contributed by atoms with E-state index in [2.05, 4.69) is 10.5 Å². The molecule has 1 amide bonds. The van der Waals surface area contributed by atoms with Gasteiger partial charge in [-0.2, -0.15) is 0 Å². The SMILES string of the molecule is Cc1oncc1C(=O)NCC1CCCCC1O. The van der Waals surface area contributed by atoms with Crippen LogP contribution in [0.3, 0.4) is 0 Å². The molecular formula is C12H18N2O3. The van der Waals surface area contributed by atoms with Gasteiger partial charge in [-0.05, 0) is 19.8 Å². The second-order valence-corrected chi connectivity index (χ2v) is 4.62. The summed E-state index contributed by atoms with van der Waals surface area (Å²) >= 11 is 0. The van der Waals surface area contributed by atoms with Crippen molar-refractivity contribution in [1.82, 2.24) is 10.5 Å². The summed E-state index contributed by atoms with van der Waals surface area (Å²) < 4.78 is 4.84. The van der Waals surface area contributed by atoms with E-state index in [0.29, 0.717) is 17.9 Å². The molecule has 17 heavy (non-hydrogen) atoms. The lowest BCUT2D eigenvalue weighted by atomic mass is 9.86. The van der Waals surface area contributed by atoms with E-state index in [9.17, 15) is 9.90 Å². The molecule has 0 spiro atoms. The third kappa shape index (κ3) is 2.85. The molecule has 1 aromatic rings. The Kier molecular flexibility index (Phi) is 3.78. The molecule has 1 aliphatic rings. The van der Waals surface area contributed by atoms with Crippen molar-refractivity contribution in [3.8, 4) is 0 Å². The lowest BCUT2D eigenvalue weighted by molar-refractivity contribution is 0.0662. The molecule has 0 radical (unpaired) electrons. The van der Waals surface area contributed by atoms with Crippen LogP contribution in [0.1, 0.15) is 41.8 Å². The number of aliphatic hydroxyl groups is 1. The van der Waals surface area contributed by atoms with Crippen molar-refractivity contribution in [2.24, 2.45) is 5.92 Å². The Labute approximate surface area is 100 Å². The molecule has 5 nitrogen and oxygen atoms in total. The Morgan fingerprint density at radius 2 is 2.35 bits per heavy atom. The summed E-state index contributed by atoms with van der Waals surface area (Å²) in [7, 11) is 0. The van der Waals surface area contributed by atoms with E-state index < -0.39 is 0 Å². The van der Waals surface area contributed by atoms with Crippen LogP contribution in [-0.2, 0) is 0 Å². The fourth-order valence-electron chi connectivity index (χ4n) is 2.26. The number of nitrogens with one attached hydrogen (secondary N) is 1. The average Bonchev–Trinajstić information content (AvgIpc) is 2.74. The molecule has 0 aliphatic heterocycles. The molecule has 94 valence electrons. The molecule has 2 atom stereocenters. The Morgan fingerprint density at radius 1 is 1.59 bits per heavy atom. The van der Waals surface area contributed by atoms with Crippen molar-refractivity contribution in [1.29, 1.82) is 0 Å². The molecule has 1 saturated carbocycles. The van der Waals surface area contributed by atoms with Crippen LogP contribution < -0.4 is 5.32 Å². The van der Waals surface area contributed by atoms with E-state index in [1.807, 2.05) is 0 Å². The molecule has 5 heteroatoms. The monoisotopic (exact) mass is 238 g/mol. The highest BCUT2D eigenvalue weighted by Gasteiger charge is 2.24. The van der Waals surface area contributed by atoms with Crippen molar-refractivity contribution in [2.45, 2.75) is 38.7 Å². The summed E-state index contributed by atoms with van der Waals surface area (Å²) in [6, 6.07) is 0. The van der Waals surface area contributed by atoms with E-state index in [0.717, 1.165) is 25.7 Å². The summed E-state index contributed by atoms with van der Waals surface area (Å²) in [6.07, 6.45) is 5.16. The van der Waals surface area contributed by atoms with E-state index in [4.69, 9.17) is 4.52 Å². The lowest BCUT2D eigenvalue weighted by Crippen LogP contribution is -2.36. The fourth-order valence-corrected chi connectivity index (χ4v) is 2.26. The number of aromatic nitrogens is 1. The van der Waals surface area contributed by atoms with E-state index in [-0.39, 0.29) is 17.9 Å². The minimum atomic E-state index is -0.285. The summed E-state index contributed by atoms with van der Waals surface area (Å²) in [6.45, 7) is 2.22. The van der Waals surface area contributed by atoms with Crippen molar-refractivity contribution in [3.63, 3.8) is 0 Å². The summed E-state index contributed by atoms with van der Waals surface area (Å²) in [5.74, 6) is 0.515. The maximum atomic E-state index is 11.8. The predicted molar refractivity (Wildman–Crippen MR) is 61.5 cm³/mol. The van der Waals surface area contributed by atoms with Crippen LogP contribution in [0.5, 0.6) is 0 Å². The number of carbonyl (C=O) groups excluding carboxylic acids is 1. The second-order valence-electron chi connectivity index (χ2n) is 4.62. The molecule has 1 heterocycles. The Bertz CT molecular complexity index is 389. The standard InChI is InChI=1S/C12H18N2O3/c1-8-10(7-14-17-8)12(16)13-6-9-4-2-3-5-11(9)15/h7,9,11,15H,2-6H2,1H3,(H,13,16). The van der Waals surface area contributed by atoms with Gasteiger partial charge in [0.1, 0.15) is 11.3 Å². The molecular weight excluding hydrogens is 220 g/mol. The Hall–Kier alpha value is -1.36. The van der Waals surface area contributed by atoms with Crippen molar-refractivity contribution < 1.29 is 14.4 Å². The Balaban J connectivity index is 1.86. The Morgan fingerprint density at radius 3 is 3.00 bits per heavy atom. The van der Waals surface area contributed by atoms with Gasteiger partial charge in [0.05, 0.1) is 12.3 Å². The van der Waals surface area contributed by atoms with Crippen LogP contribution in [0, 0.1) is 12.8 Å². The largest absolute Gasteiger partial charge is 0.393 e. The first kappa shape index (κ1) is 12.1. The van der Waals surface area contributed by atoms with Crippen LogP contribution in [-0.4, -0.2) is 28.8 Å². The number of aliphatic hydroxyl groups excluding tert-OH is 1. The van der Waals surface area contributed by atoms with Crippen LogP contribution in [0.25, 0.3) is 0 Å². The van der Waals surface area contributed by atoms with Gasteiger partial charge in [-0.3, -0.25) is 4.79 Å². The first-order valence-corrected chi connectivity index (χ1v) is 6.06. The lowest BCUT2D eigenvalue weighted by Gasteiger charge is -2.27. The number of carbonyl (C=O) groups is 1. The summed E-state index contributed by atoms with van der Waals surface area (Å²) in [5, 5.41) is 16.2. The van der Waals surface area contributed by atoms with E-state index >= 15 is 0 Å². The number of amides is 1. The molecule has 2 unspecified atom stereocenters. The summed E-state index contributed by atoms with van der Waals surface area (Å²) in [5.41, 5.74) is 0.468. The smallest absolute Gasteiger partial charge is 0.256 e. The minimum Gasteiger partial charge on any atom is -0.393 e. The van der Waals surface area contributed by atoms with Gasteiger partial charge in [-0.15, -0.1) is 0 Å². The van der Waals surface area contributed by atoms with Crippen molar-refractivity contribution >= 4 is 5.91 Å². The zero-order valence-corrected chi connectivity index (χ0v) is 9.98. The van der Waals surface area contributed by atoms with Gasteiger partial charge in [-0.1, -0.05) is 18.0 Å². The first-order chi connectivity index (χ1) is 8.18. The predicted octanol–water partition coefficient (Wildman–Crippen LogP) is 1.26. The van der Waals surface area contributed by atoms with Crippen molar-refractivity contribution in [3.05, 3.63) is 17.5 Å². The van der Waals surface area contributed by atoms with Gasteiger partial charge in [-0.25, -0.2) is 0 Å². The molecule has 1 aliphatic carbocycles. The average molecular weight is 238 g/mol. The van der Waals surface area contributed by atoms with E-state index in [1.165, 1.54) is 6.20 Å². The maximum absolute atomic E-state index is 11.8.